The van der Waals surface area contributed by atoms with E-state index in [9.17, 15) is 10.2 Å². The minimum absolute atomic E-state index is 0.161. The van der Waals surface area contributed by atoms with Gasteiger partial charge in [0.2, 0.25) is 0 Å². The summed E-state index contributed by atoms with van der Waals surface area (Å²) in [7, 11) is 0. The lowest BCUT2D eigenvalue weighted by Crippen LogP contribution is -2.32. The highest BCUT2D eigenvalue weighted by molar-refractivity contribution is 6.33. The maximum Gasteiger partial charge on any atom is 0.0762 e. The van der Waals surface area contributed by atoms with Crippen molar-refractivity contribution in [3.8, 4) is 0 Å². The van der Waals surface area contributed by atoms with Crippen molar-refractivity contribution in [1.82, 2.24) is 0 Å². The van der Waals surface area contributed by atoms with Crippen LogP contribution in [0, 0.1) is 0 Å². The van der Waals surface area contributed by atoms with Crippen molar-refractivity contribution in [2.75, 3.05) is 18.1 Å². The van der Waals surface area contributed by atoms with Gasteiger partial charge < -0.3 is 15.1 Å². The normalized spacial score (nSPS) is 21.9. The SMILES string of the molecule is C[C@@H](O)c1ccc(N2CCCC2CO)c(Cl)c1. The van der Waals surface area contributed by atoms with E-state index in [1.165, 1.54) is 0 Å². The van der Waals surface area contributed by atoms with Crippen molar-refractivity contribution in [1.29, 1.82) is 0 Å². The maximum atomic E-state index is 9.49. The smallest absolute Gasteiger partial charge is 0.0762 e. The molecule has 2 N–H and O–H groups in total. The number of benzene rings is 1. The number of rotatable bonds is 3. The predicted molar refractivity (Wildman–Crippen MR) is 69.5 cm³/mol. The minimum Gasteiger partial charge on any atom is -0.394 e. The standard InChI is InChI=1S/C13H18ClNO2/c1-9(17)10-4-5-13(12(14)7-10)15-6-2-3-11(15)8-16/h4-5,7,9,11,16-17H,2-3,6,8H2,1H3/t9-,11?/m1/s1. The minimum atomic E-state index is -0.506. The van der Waals surface area contributed by atoms with Crippen LogP contribution in [-0.2, 0) is 0 Å². The summed E-state index contributed by atoms with van der Waals surface area (Å²) in [5.41, 5.74) is 1.77. The van der Waals surface area contributed by atoms with Gasteiger partial charge in [-0.25, -0.2) is 0 Å². The molecule has 0 bridgehead atoms. The Morgan fingerprint density at radius 2 is 2.29 bits per heavy atom. The fourth-order valence-electron chi connectivity index (χ4n) is 2.36. The molecule has 1 aliphatic rings. The van der Waals surface area contributed by atoms with E-state index in [1.54, 1.807) is 13.0 Å². The Balaban J connectivity index is 2.27. The first kappa shape index (κ1) is 12.7. The second-order valence-electron chi connectivity index (χ2n) is 4.56. The summed E-state index contributed by atoms with van der Waals surface area (Å²) in [6.07, 6.45) is 1.58. The number of aliphatic hydroxyl groups is 2. The molecule has 1 fully saturated rings. The van der Waals surface area contributed by atoms with Gasteiger partial charge in [-0.3, -0.25) is 0 Å². The molecule has 2 atom stereocenters. The summed E-state index contributed by atoms with van der Waals surface area (Å²) in [4.78, 5) is 2.15. The number of anilines is 1. The van der Waals surface area contributed by atoms with Crippen molar-refractivity contribution < 1.29 is 10.2 Å². The maximum absolute atomic E-state index is 9.49. The van der Waals surface area contributed by atoms with Crippen LogP contribution in [0.25, 0.3) is 0 Å². The van der Waals surface area contributed by atoms with Crippen molar-refractivity contribution in [3.63, 3.8) is 0 Å². The molecule has 1 heterocycles. The number of aliphatic hydroxyl groups excluding tert-OH is 2. The molecule has 0 saturated carbocycles. The Kier molecular flexibility index (Phi) is 3.92. The van der Waals surface area contributed by atoms with E-state index in [-0.39, 0.29) is 12.6 Å². The zero-order valence-electron chi connectivity index (χ0n) is 9.93. The molecular weight excluding hydrogens is 238 g/mol. The molecule has 94 valence electrons. The third-order valence-corrected chi connectivity index (χ3v) is 3.65. The molecule has 0 aromatic heterocycles. The van der Waals surface area contributed by atoms with E-state index in [0.29, 0.717) is 5.02 Å². The largest absolute Gasteiger partial charge is 0.394 e. The third-order valence-electron chi connectivity index (χ3n) is 3.35. The van der Waals surface area contributed by atoms with Gasteiger partial charge in [0.1, 0.15) is 0 Å². The molecule has 1 aromatic carbocycles. The Labute approximate surface area is 107 Å². The zero-order valence-corrected chi connectivity index (χ0v) is 10.7. The molecule has 2 rings (SSSR count). The topological polar surface area (TPSA) is 43.7 Å². The van der Waals surface area contributed by atoms with Crippen LogP contribution >= 0.6 is 11.6 Å². The average Bonchev–Trinajstić information content (AvgIpc) is 2.76. The van der Waals surface area contributed by atoms with Crippen LogP contribution in [0.15, 0.2) is 18.2 Å². The van der Waals surface area contributed by atoms with Crippen LogP contribution in [0.5, 0.6) is 0 Å². The quantitative estimate of drug-likeness (QED) is 0.872. The Morgan fingerprint density at radius 3 is 2.88 bits per heavy atom. The van der Waals surface area contributed by atoms with Crippen LogP contribution in [0.3, 0.4) is 0 Å². The van der Waals surface area contributed by atoms with Gasteiger partial charge in [-0.1, -0.05) is 17.7 Å². The van der Waals surface area contributed by atoms with Gasteiger partial charge in [-0.05, 0) is 37.5 Å². The van der Waals surface area contributed by atoms with Crippen molar-refractivity contribution in [3.05, 3.63) is 28.8 Å². The molecule has 1 aliphatic heterocycles. The first-order valence-electron chi connectivity index (χ1n) is 5.98. The fourth-order valence-corrected chi connectivity index (χ4v) is 2.66. The summed E-state index contributed by atoms with van der Waals surface area (Å²) in [6, 6.07) is 5.79. The molecule has 0 spiro atoms. The van der Waals surface area contributed by atoms with Gasteiger partial charge in [0, 0.05) is 6.54 Å². The summed E-state index contributed by atoms with van der Waals surface area (Å²) in [6.45, 7) is 2.81. The van der Waals surface area contributed by atoms with Crippen LogP contribution in [0.4, 0.5) is 5.69 Å². The first-order chi connectivity index (χ1) is 8.13. The molecule has 1 saturated heterocycles. The highest BCUT2D eigenvalue weighted by Gasteiger charge is 2.25. The van der Waals surface area contributed by atoms with E-state index in [0.717, 1.165) is 30.6 Å². The highest BCUT2D eigenvalue weighted by atomic mass is 35.5. The van der Waals surface area contributed by atoms with Gasteiger partial charge in [0.15, 0.2) is 0 Å². The van der Waals surface area contributed by atoms with Gasteiger partial charge in [0.05, 0.1) is 29.5 Å². The lowest BCUT2D eigenvalue weighted by atomic mass is 10.1. The lowest BCUT2D eigenvalue weighted by molar-refractivity contribution is 0.199. The van der Waals surface area contributed by atoms with Gasteiger partial charge >= 0.3 is 0 Å². The highest BCUT2D eigenvalue weighted by Crippen LogP contribution is 2.33. The molecule has 1 unspecified atom stereocenters. The summed E-state index contributed by atoms with van der Waals surface area (Å²) in [5.74, 6) is 0. The molecule has 3 nitrogen and oxygen atoms in total. The third kappa shape index (κ3) is 2.57. The fraction of sp³-hybridized carbons (Fsp3) is 0.538. The molecule has 0 aliphatic carbocycles. The average molecular weight is 256 g/mol. The lowest BCUT2D eigenvalue weighted by Gasteiger charge is -2.26. The zero-order chi connectivity index (χ0) is 12.4. The van der Waals surface area contributed by atoms with Crippen LogP contribution in [0.2, 0.25) is 5.02 Å². The van der Waals surface area contributed by atoms with E-state index in [1.807, 2.05) is 12.1 Å². The van der Waals surface area contributed by atoms with E-state index in [4.69, 9.17) is 11.6 Å². The van der Waals surface area contributed by atoms with E-state index < -0.39 is 6.10 Å². The summed E-state index contributed by atoms with van der Waals surface area (Å²) < 4.78 is 0. The van der Waals surface area contributed by atoms with Crippen molar-refractivity contribution in [2.45, 2.75) is 31.9 Å². The first-order valence-corrected chi connectivity index (χ1v) is 6.36. The van der Waals surface area contributed by atoms with Crippen LogP contribution < -0.4 is 4.90 Å². The number of nitrogens with zero attached hydrogens (tertiary/aromatic N) is 1. The molecule has 17 heavy (non-hydrogen) atoms. The summed E-state index contributed by atoms with van der Waals surface area (Å²) in [5, 5.41) is 19.4. The molecular formula is C13H18ClNO2. The van der Waals surface area contributed by atoms with Crippen molar-refractivity contribution in [2.24, 2.45) is 0 Å². The van der Waals surface area contributed by atoms with Crippen LogP contribution in [-0.4, -0.2) is 29.4 Å². The van der Waals surface area contributed by atoms with Gasteiger partial charge in [-0.15, -0.1) is 0 Å². The van der Waals surface area contributed by atoms with E-state index >= 15 is 0 Å². The monoisotopic (exact) mass is 255 g/mol. The number of hydrogen-bond donors (Lipinski definition) is 2. The summed E-state index contributed by atoms with van der Waals surface area (Å²) >= 11 is 6.24. The Bertz CT molecular complexity index is 395. The van der Waals surface area contributed by atoms with Gasteiger partial charge in [0.25, 0.3) is 0 Å². The van der Waals surface area contributed by atoms with Gasteiger partial charge in [-0.2, -0.15) is 0 Å². The molecule has 1 aromatic rings. The predicted octanol–water partition coefficient (Wildman–Crippen LogP) is 2.35. The molecule has 0 radical (unpaired) electrons. The molecule has 0 amide bonds. The Morgan fingerprint density at radius 1 is 1.53 bits per heavy atom. The van der Waals surface area contributed by atoms with Crippen LogP contribution in [0.1, 0.15) is 31.4 Å². The Hall–Kier alpha value is -0.770. The molecule has 4 heteroatoms. The van der Waals surface area contributed by atoms with E-state index in [2.05, 4.69) is 4.90 Å². The number of hydrogen-bond acceptors (Lipinski definition) is 3. The number of halogens is 1. The van der Waals surface area contributed by atoms with Crippen molar-refractivity contribution >= 4 is 17.3 Å². The second kappa shape index (κ2) is 5.25. The second-order valence-corrected chi connectivity index (χ2v) is 4.97.